The van der Waals surface area contributed by atoms with Crippen LogP contribution >= 0.6 is 0 Å². The third kappa shape index (κ3) is 2.85. The van der Waals surface area contributed by atoms with Gasteiger partial charge in [0, 0.05) is 6.42 Å². The van der Waals surface area contributed by atoms with E-state index in [4.69, 9.17) is 20.3 Å². The Morgan fingerprint density at radius 1 is 1.47 bits per heavy atom. The van der Waals surface area contributed by atoms with Crippen molar-refractivity contribution in [1.82, 2.24) is 0 Å². The molecule has 17 heavy (non-hydrogen) atoms. The number of nitrogens with two attached hydrogens (primary N) is 1. The molecule has 0 amide bonds. The zero-order valence-electron chi connectivity index (χ0n) is 9.57. The summed E-state index contributed by atoms with van der Waals surface area (Å²) in [6.07, 6.45) is -0.0145. The summed E-state index contributed by atoms with van der Waals surface area (Å²) >= 11 is 0. The molecule has 0 bridgehead atoms. The van der Waals surface area contributed by atoms with Gasteiger partial charge in [-0.2, -0.15) is 4.39 Å². The fourth-order valence-corrected chi connectivity index (χ4v) is 1.44. The summed E-state index contributed by atoms with van der Waals surface area (Å²) in [6, 6.07) is 1.84. The van der Waals surface area contributed by atoms with Gasteiger partial charge < -0.3 is 20.3 Å². The van der Waals surface area contributed by atoms with Gasteiger partial charge in [0.25, 0.3) is 0 Å². The molecule has 6 heteroatoms. The Bertz CT molecular complexity index is 422. The summed E-state index contributed by atoms with van der Waals surface area (Å²) in [4.78, 5) is 10.6. The Morgan fingerprint density at radius 2 is 2.12 bits per heavy atom. The first kappa shape index (κ1) is 13.2. The molecular formula is C11H14FNO4. The van der Waals surface area contributed by atoms with Crippen molar-refractivity contribution in [3.63, 3.8) is 0 Å². The van der Waals surface area contributed by atoms with E-state index >= 15 is 0 Å². The van der Waals surface area contributed by atoms with Gasteiger partial charge in [-0.25, -0.2) is 0 Å². The lowest BCUT2D eigenvalue weighted by molar-refractivity contribution is -0.138. The molecule has 1 aromatic rings. The average molecular weight is 243 g/mol. The summed E-state index contributed by atoms with van der Waals surface area (Å²) in [5, 5.41) is 8.69. The van der Waals surface area contributed by atoms with Crippen LogP contribution in [-0.2, 0) is 11.2 Å². The molecular weight excluding hydrogens is 229 g/mol. The van der Waals surface area contributed by atoms with Crippen LogP contribution in [0.1, 0.15) is 5.56 Å². The second kappa shape index (κ2) is 5.49. The third-order valence-electron chi connectivity index (χ3n) is 2.32. The summed E-state index contributed by atoms with van der Waals surface area (Å²) < 4.78 is 23.4. The Morgan fingerprint density at radius 3 is 2.59 bits per heavy atom. The molecule has 1 aromatic carbocycles. The SMILES string of the molecule is COc1ccc(CC(N)C(=O)O)c(OC)c1F. The number of carbonyl (C=O) groups is 1. The van der Waals surface area contributed by atoms with Crippen molar-refractivity contribution in [2.45, 2.75) is 12.5 Å². The molecule has 1 atom stereocenters. The Balaban J connectivity index is 3.08. The molecule has 0 aliphatic carbocycles. The molecule has 94 valence electrons. The molecule has 0 fully saturated rings. The van der Waals surface area contributed by atoms with Crippen LogP contribution in [0.5, 0.6) is 11.5 Å². The maximum absolute atomic E-state index is 13.7. The summed E-state index contributed by atoms with van der Waals surface area (Å²) in [7, 11) is 2.63. The van der Waals surface area contributed by atoms with Crippen LogP contribution in [0, 0.1) is 5.82 Å². The lowest BCUT2D eigenvalue weighted by atomic mass is 10.0. The molecule has 1 unspecified atom stereocenters. The van der Waals surface area contributed by atoms with Crippen LogP contribution in [0.3, 0.4) is 0 Å². The topological polar surface area (TPSA) is 81.8 Å². The second-order valence-electron chi connectivity index (χ2n) is 3.42. The Labute approximate surface area is 97.9 Å². The second-order valence-corrected chi connectivity index (χ2v) is 3.42. The van der Waals surface area contributed by atoms with Gasteiger partial charge in [0.05, 0.1) is 14.2 Å². The molecule has 3 N–H and O–H groups in total. The van der Waals surface area contributed by atoms with Crippen molar-refractivity contribution in [2.24, 2.45) is 5.73 Å². The van der Waals surface area contributed by atoms with Crippen LogP contribution in [0.25, 0.3) is 0 Å². The maximum Gasteiger partial charge on any atom is 0.320 e. The number of ether oxygens (including phenoxy) is 2. The van der Waals surface area contributed by atoms with E-state index in [1.165, 1.54) is 26.4 Å². The zero-order valence-corrected chi connectivity index (χ0v) is 9.57. The van der Waals surface area contributed by atoms with E-state index in [-0.39, 0.29) is 17.9 Å². The Hall–Kier alpha value is -1.82. The lowest BCUT2D eigenvalue weighted by Gasteiger charge is -2.13. The minimum Gasteiger partial charge on any atom is -0.494 e. The molecule has 0 saturated carbocycles. The number of methoxy groups -OCH3 is 2. The third-order valence-corrected chi connectivity index (χ3v) is 2.32. The monoisotopic (exact) mass is 243 g/mol. The van der Waals surface area contributed by atoms with E-state index in [1.54, 1.807) is 0 Å². The van der Waals surface area contributed by atoms with Crippen molar-refractivity contribution < 1.29 is 23.8 Å². The van der Waals surface area contributed by atoms with Gasteiger partial charge in [0.1, 0.15) is 6.04 Å². The van der Waals surface area contributed by atoms with E-state index in [9.17, 15) is 9.18 Å². The summed E-state index contributed by atoms with van der Waals surface area (Å²) in [5.41, 5.74) is 5.77. The predicted octanol–water partition coefficient (Wildman–Crippen LogP) is 0.797. The van der Waals surface area contributed by atoms with E-state index in [0.29, 0.717) is 5.56 Å². The average Bonchev–Trinajstić information content (AvgIpc) is 2.29. The lowest BCUT2D eigenvalue weighted by Crippen LogP contribution is -2.32. The fourth-order valence-electron chi connectivity index (χ4n) is 1.44. The van der Waals surface area contributed by atoms with Crippen molar-refractivity contribution in [3.8, 4) is 11.5 Å². The number of hydrogen-bond donors (Lipinski definition) is 2. The van der Waals surface area contributed by atoms with Gasteiger partial charge in [-0.3, -0.25) is 4.79 Å². The smallest absolute Gasteiger partial charge is 0.320 e. The highest BCUT2D eigenvalue weighted by molar-refractivity contribution is 5.73. The first-order valence-electron chi connectivity index (χ1n) is 4.89. The zero-order chi connectivity index (χ0) is 13.0. The Kier molecular flexibility index (Phi) is 4.28. The standard InChI is InChI=1S/C11H14FNO4/c1-16-8-4-3-6(5-7(13)11(14)15)10(17-2)9(8)12/h3-4,7H,5,13H2,1-2H3,(H,14,15). The number of benzene rings is 1. The quantitative estimate of drug-likeness (QED) is 0.799. The highest BCUT2D eigenvalue weighted by Gasteiger charge is 2.19. The van der Waals surface area contributed by atoms with Gasteiger partial charge in [-0.15, -0.1) is 0 Å². The summed E-state index contributed by atoms with van der Waals surface area (Å²) in [6.45, 7) is 0. The number of carboxylic acid groups (broad SMARTS) is 1. The number of halogens is 1. The van der Waals surface area contributed by atoms with Crippen molar-refractivity contribution >= 4 is 5.97 Å². The van der Waals surface area contributed by atoms with Gasteiger partial charge in [-0.05, 0) is 11.6 Å². The molecule has 0 aliphatic rings. The van der Waals surface area contributed by atoms with Crippen LogP contribution in [0.2, 0.25) is 0 Å². The van der Waals surface area contributed by atoms with E-state index < -0.39 is 17.8 Å². The number of rotatable bonds is 5. The van der Waals surface area contributed by atoms with E-state index in [2.05, 4.69) is 0 Å². The van der Waals surface area contributed by atoms with Gasteiger partial charge in [0.15, 0.2) is 11.5 Å². The fraction of sp³-hybridized carbons (Fsp3) is 0.364. The predicted molar refractivity (Wildman–Crippen MR) is 58.8 cm³/mol. The minimum absolute atomic E-state index is 0.0145. The van der Waals surface area contributed by atoms with E-state index in [0.717, 1.165) is 0 Å². The minimum atomic E-state index is -1.15. The van der Waals surface area contributed by atoms with Gasteiger partial charge >= 0.3 is 5.97 Å². The molecule has 0 saturated heterocycles. The van der Waals surface area contributed by atoms with Crippen molar-refractivity contribution in [1.29, 1.82) is 0 Å². The molecule has 0 heterocycles. The van der Waals surface area contributed by atoms with Crippen LogP contribution in [-0.4, -0.2) is 31.3 Å². The molecule has 0 aromatic heterocycles. The first-order chi connectivity index (χ1) is 8.01. The van der Waals surface area contributed by atoms with Crippen molar-refractivity contribution in [2.75, 3.05) is 14.2 Å². The number of hydrogen-bond acceptors (Lipinski definition) is 4. The number of aliphatic carboxylic acids is 1. The molecule has 0 radical (unpaired) electrons. The highest BCUT2D eigenvalue weighted by Crippen LogP contribution is 2.30. The van der Waals surface area contributed by atoms with E-state index in [1.807, 2.05) is 0 Å². The number of carboxylic acids is 1. The first-order valence-corrected chi connectivity index (χ1v) is 4.89. The van der Waals surface area contributed by atoms with Crippen LogP contribution < -0.4 is 15.2 Å². The summed E-state index contributed by atoms with van der Waals surface area (Å²) in [5.74, 6) is -1.82. The largest absolute Gasteiger partial charge is 0.494 e. The highest BCUT2D eigenvalue weighted by atomic mass is 19.1. The normalized spacial score (nSPS) is 12.0. The maximum atomic E-state index is 13.7. The van der Waals surface area contributed by atoms with Crippen molar-refractivity contribution in [3.05, 3.63) is 23.5 Å². The molecule has 1 rings (SSSR count). The van der Waals surface area contributed by atoms with Crippen LogP contribution in [0.4, 0.5) is 4.39 Å². The van der Waals surface area contributed by atoms with Crippen LogP contribution in [0.15, 0.2) is 12.1 Å². The molecule has 5 nitrogen and oxygen atoms in total. The molecule has 0 spiro atoms. The van der Waals surface area contributed by atoms with Gasteiger partial charge in [-0.1, -0.05) is 6.07 Å². The van der Waals surface area contributed by atoms with Gasteiger partial charge in [0.2, 0.25) is 5.82 Å². The molecule has 0 aliphatic heterocycles.